The fraction of sp³-hybridized carbons (Fsp3) is 0.455. The van der Waals surface area contributed by atoms with Crippen LogP contribution in [-0.2, 0) is 0 Å². The Morgan fingerprint density at radius 3 is 2.31 bits per heavy atom. The molecule has 1 atom stereocenters. The van der Waals surface area contributed by atoms with E-state index < -0.39 is 18.6 Å². The standard InChI is InChI=1S/C11H15F3N2/c12-11(13,14)8-10(16-7-6-15)9-4-2-1-3-5-9/h1-5,10,16H,6-8,15H2. The van der Waals surface area contributed by atoms with Gasteiger partial charge in [-0.15, -0.1) is 0 Å². The summed E-state index contributed by atoms with van der Waals surface area (Å²) in [5.41, 5.74) is 5.91. The molecule has 0 bridgehead atoms. The molecular formula is C11H15F3N2. The summed E-state index contributed by atoms with van der Waals surface area (Å²) in [7, 11) is 0. The molecule has 0 radical (unpaired) electrons. The van der Waals surface area contributed by atoms with Crippen LogP contribution in [0.15, 0.2) is 30.3 Å². The number of alkyl halides is 3. The average Bonchev–Trinajstić information content (AvgIpc) is 2.24. The second-order valence-corrected chi connectivity index (χ2v) is 3.53. The highest BCUT2D eigenvalue weighted by molar-refractivity contribution is 5.19. The van der Waals surface area contributed by atoms with E-state index in [9.17, 15) is 13.2 Å². The summed E-state index contributed by atoms with van der Waals surface area (Å²) in [5.74, 6) is 0. The molecule has 5 heteroatoms. The van der Waals surface area contributed by atoms with Gasteiger partial charge in [0.25, 0.3) is 0 Å². The first kappa shape index (κ1) is 13.0. The van der Waals surface area contributed by atoms with Crippen molar-refractivity contribution in [3.05, 3.63) is 35.9 Å². The summed E-state index contributed by atoms with van der Waals surface area (Å²) < 4.78 is 37.0. The summed E-state index contributed by atoms with van der Waals surface area (Å²) in [4.78, 5) is 0. The molecule has 0 aliphatic heterocycles. The molecule has 1 unspecified atom stereocenters. The zero-order valence-electron chi connectivity index (χ0n) is 8.80. The minimum absolute atomic E-state index is 0.321. The van der Waals surface area contributed by atoms with Gasteiger partial charge in [-0.05, 0) is 5.56 Å². The predicted molar refractivity (Wildman–Crippen MR) is 56.9 cm³/mol. The van der Waals surface area contributed by atoms with Crippen molar-refractivity contribution >= 4 is 0 Å². The fourth-order valence-corrected chi connectivity index (χ4v) is 1.48. The third-order valence-electron chi connectivity index (χ3n) is 2.17. The van der Waals surface area contributed by atoms with Crippen LogP contribution in [0, 0.1) is 0 Å². The van der Waals surface area contributed by atoms with Crippen molar-refractivity contribution in [2.24, 2.45) is 5.73 Å². The molecule has 0 aromatic heterocycles. The number of hydrogen-bond donors (Lipinski definition) is 2. The van der Waals surface area contributed by atoms with Gasteiger partial charge in [-0.25, -0.2) is 0 Å². The van der Waals surface area contributed by atoms with Crippen molar-refractivity contribution in [1.82, 2.24) is 5.32 Å². The molecule has 2 nitrogen and oxygen atoms in total. The van der Waals surface area contributed by atoms with Gasteiger partial charge in [-0.2, -0.15) is 13.2 Å². The zero-order chi connectivity index (χ0) is 12.0. The lowest BCUT2D eigenvalue weighted by Gasteiger charge is -2.20. The van der Waals surface area contributed by atoms with E-state index in [1.165, 1.54) is 0 Å². The lowest BCUT2D eigenvalue weighted by atomic mass is 10.0. The van der Waals surface area contributed by atoms with Crippen LogP contribution >= 0.6 is 0 Å². The summed E-state index contributed by atoms with van der Waals surface area (Å²) in [5, 5.41) is 2.80. The molecule has 0 saturated heterocycles. The highest BCUT2D eigenvalue weighted by Crippen LogP contribution is 2.29. The van der Waals surface area contributed by atoms with Crippen LogP contribution in [0.1, 0.15) is 18.0 Å². The maximum Gasteiger partial charge on any atom is 0.390 e. The first-order valence-electron chi connectivity index (χ1n) is 5.08. The van der Waals surface area contributed by atoms with Crippen LogP contribution < -0.4 is 11.1 Å². The first-order chi connectivity index (χ1) is 7.53. The second kappa shape index (κ2) is 5.86. The van der Waals surface area contributed by atoms with Crippen LogP contribution in [0.25, 0.3) is 0 Å². The van der Waals surface area contributed by atoms with Gasteiger partial charge >= 0.3 is 6.18 Å². The molecular weight excluding hydrogens is 217 g/mol. The predicted octanol–water partition coefficient (Wildman–Crippen LogP) is 2.23. The molecule has 0 fully saturated rings. The minimum atomic E-state index is -4.18. The van der Waals surface area contributed by atoms with Crippen LogP contribution in [0.3, 0.4) is 0 Å². The molecule has 0 heterocycles. The van der Waals surface area contributed by atoms with Crippen molar-refractivity contribution in [2.45, 2.75) is 18.6 Å². The van der Waals surface area contributed by atoms with E-state index in [-0.39, 0.29) is 0 Å². The Labute approximate surface area is 92.6 Å². The van der Waals surface area contributed by atoms with Crippen molar-refractivity contribution < 1.29 is 13.2 Å². The highest BCUT2D eigenvalue weighted by Gasteiger charge is 2.32. The Morgan fingerprint density at radius 1 is 1.19 bits per heavy atom. The smallest absolute Gasteiger partial charge is 0.329 e. The second-order valence-electron chi connectivity index (χ2n) is 3.53. The van der Waals surface area contributed by atoms with Gasteiger partial charge in [0.15, 0.2) is 0 Å². The summed E-state index contributed by atoms with van der Waals surface area (Å²) >= 11 is 0. The maximum atomic E-state index is 12.3. The average molecular weight is 232 g/mol. The van der Waals surface area contributed by atoms with Crippen LogP contribution in [0.5, 0.6) is 0 Å². The van der Waals surface area contributed by atoms with Crippen LogP contribution in [-0.4, -0.2) is 19.3 Å². The minimum Gasteiger partial charge on any atom is -0.329 e. The molecule has 1 rings (SSSR count). The zero-order valence-corrected chi connectivity index (χ0v) is 8.80. The number of nitrogens with one attached hydrogen (secondary N) is 1. The maximum absolute atomic E-state index is 12.3. The molecule has 16 heavy (non-hydrogen) atoms. The normalized spacial score (nSPS) is 13.8. The van der Waals surface area contributed by atoms with E-state index in [0.717, 1.165) is 0 Å². The molecule has 1 aromatic carbocycles. The number of hydrogen-bond acceptors (Lipinski definition) is 2. The Hall–Kier alpha value is -1.07. The Morgan fingerprint density at radius 2 is 1.81 bits per heavy atom. The quantitative estimate of drug-likeness (QED) is 0.817. The number of rotatable bonds is 5. The van der Waals surface area contributed by atoms with Gasteiger partial charge in [0, 0.05) is 19.1 Å². The fourth-order valence-electron chi connectivity index (χ4n) is 1.48. The monoisotopic (exact) mass is 232 g/mol. The van der Waals surface area contributed by atoms with Gasteiger partial charge in [-0.1, -0.05) is 30.3 Å². The summed E-state index contributed by atoms with van der Waals surface area (Å²) in [6, 6.07) is 7.87. The van der Waals surface area contributed by atoms with Crippen LogP contribution in [0.4, 0.5) is 13.2 Å². The van der Waals surface area contributed by atoms with E-state index in [1.807, 2.05) is 0 Å². The van der Waals surface area contributed by atoms with Crippen LogP contribution in [0.2, 0.25) is 0 Å². The summed E-state index contributed by atoms with van der Waals surface area (Å²) in [6.45, 7) is 0.691. The van der Waals surface area contributed by atoms with Gasteiger partial charge < -0.3 is 11.1 Å². The molecule has 0 amide bonds. The number of nitrogens with two attached hydrogens (primary N) is 1. The Balaban J connectivity index is 2.71. The summed E-state index contributed by atoms with van der Waals surface area (Å²) in [6.07, 6.45) is -5.06. The van der Waals surface area contributed by atoms with Crippen molar-refractivity contribution in [3.63, 3.8) is 0 Å². The molecule has 0 saturated carbocycles. The van der Waals surface area contributed by atoms with Crippen molar-refractivity contribution in [1.29, 1.82) is 0 Å². The van der Waals surface area contributed by atoms with Crippen molar-refractivity contribution in [2.75, 3.05) is 13.1 Å². The van der Waals surface area contributed by atoms with Gasteiger partial charge in [0.05, 0.1) is 6.42 Å². The number of benzene rings is 1. The lowest BCUT2D eigenvalue weighted by Crippen LogP contribution is -2.30. The third kappa shape index (κ3) is 4.63. The van der Waals surface area contributed by atoms with Crippen molar-refractivity contribution in [3.8, 4) is 0 Å². The van der Waals surface area contributed by atoms with E-state index in [1.54, 1.807) is 30.3 Å². The van der Waals surface area contributed by atoms with Gasteiger partial charge in [-0.3, -0.25) is 0 Å². The third-order valence-corrected chi connectivity index (χ3v) is 2.17. The largest absolute Gasteiger partial charge is 0.390 e. The number of halogens is 3. The Kier molecular flexibility index (Phi) is 4.76. The first-order valence-corrected chi connectivity index (χ1v) is 5.08. The molecule has 0 aliphatic rings. The molecule has 1 aromatic rings. The topological polar surface area (TPSA) is 38.0 Å². The lowest BCUT2D eigenvalue weighted by molar-refractivity contribution is -0.140. The van der Waals surface area contributed by atoms with E-state index in [0.29, 0.717) is 18.7 Å². The van der Waals surface area contributed by atoms with E-state index in [2.05, 4.69) is 5.32 Å². The van der Waals surface area contributed by atoms with E-state index in [4.69, 9.17) is 5.73 Å². The van der Waals surface area contributed by atoms with Gasteiger partial charge in [0.1, 0.15) is 0 Å². The molecule has 0 spiro atoms. The highest BCUT2D eigenvalue weighted by atomic mass is 19.4. The molecule has 90 valence electrons. The molecule has 3 N–H and O–H groups in total. The van der Waals surface area contributed by atoms with E-state index >= 15 is 0 Å². The SMILES string of the molecule is NCCNC(CC(F)(F)F)c1ccccc1. The molecule has 0 aliphatic carbocycles. The van der Waals surface area contributed by atoms with Gasteiger partial charge in [0.2, 0.25) is 0 Å². The Bertz CT molecular complexity index is 298.